The summed E-state index contributed by atoms with van der Waals surface area (Å²) in [5.74, 6) is 1.30. The van der Waals surface area contributed by atoms with Gasteiger partial charge in [-0.3, -0.25) is 4.79 Å². The monoisotopic (exact) mass is 450 g/mol. The van der Waals surface area contributed by atoms with E-state index >= 15 is 0 Å². The van der Waals surface area contributed by atoms with Gasteiger partial charge in [-0.2, -0.15) is 0 Å². The van der Waals surface area contributed by atoms with Crippen molar-refractivity contribution in [1.29, 1.82) is 0 Å². The second-order valence-electron chi connectivity index (χ2n) is 4.89. The highest BCUT2D eigenvalue weighted by Crippen LogP contribution is 2.29. The van der Waals surface area contributed by atoms with Crippen LogP contribution in [0.4, 0.5) is 5.69 Å². The molecule has 2 rings (SSSR count). The van der Waals surface area contributed by atoms with Gasteiger partial charge in [0.25, 0.3) is 0 Å². The summed E-state index contributed by atoms with van der Waals surface area (Å²) in [5, 5.41) is 2.92. The lowest BCUT2D eigenvalue weighted by atomic mass is 10.3. The molecule has 24 heavy (non-hydrogen) atoms. The Balaban J connectivity index is 0.00000288. The molecule has 3 N–H and O–H groups in total. The smallest absolute Gasteiger partial charge is 0.244 e. The maximum atomic E-state index is 12.0. The van der Waals surface area contributed by atoms with E-state index in [0.717, 1.165) is 0 Å². The average Bonchev–Trinajstić information content (AvgIpc) is 2.60. The van der Waals surface area contributed by atoms with Crippen LogP contribution in [0, 0.1) is 0 Å². The van der Waals surface area contributed by atoms with Crippen molar-refractivity contribution in [2.45, 2.75) is 0 Å². The van der Waals surface area contributed by atoms with Gasteiger partial charge in [0, 0.05) is 24.8 Å². The Labute approximate surface area is 158 Å². The molecule has 0 aromatic heterocycles. The summed E-state index contributed by atoms with van der Waals surface area (Å²) in [4.78, 5) is 17.8. The number of nitrogens with one attached hydrogen (secondary N) is 1. The second kappa shape index (κ2) is 10.2. The van der Waals surface area contributed by atoms with E-state index in [-0.39, 0.29) is 42.4 Å². The summed E-state index contributed by atoms with van der Waals surface area (Å²) >= 11 is 0. The molecule has 1 aliphatic heterocycles. The molecule has 1 heterocycles. The quantitative estimate of drug-likeness (QED) is 0.393. The number of halogens is 1. The summed E-state index contributed by atoms with van der Waals surface area (Å²) in [6, 6.07) is 5.28. The number of anilines is 1. The maximum absolute atomic E-state index is 12.0. The molecule has 8 nitrogen and oxygen atoms in total. The number of nitrogens with two attached hydrogens (primary N) is 1. The lowest BCUT2D eigenvalue weighted by Crippen LogP contribution is -2.42. The topological polar surface area (TPSA) is 98.4 Å². The number of nitrogens with zero attached hydrogens (tertiary/aromatic N) is 2. The molecule has 1 amide bonds. The fourth-order valence-electron chi connectivity index (χ4n) is 2.17. The van der Waals surface area contributed by atoms with Gasteiger partial charge >= 0.3 is 0 Å². The lowest BCUT2D eigenvalue weighted by molar-refractivity contribution is -0.133. The zero-order chi connectivity index (χ0) is 16.7. The molecule has 0 atom stereocenters. The third-order valence-corrected chi connectivity index (χ3v) is 3.40. The first-order valence-electron chi connectivity index (χ1n) is 7.28. The number of carbonyl (C=O) groups excluding carboxylic acids is 1. The fourth-order valence-corrected chi connectivity index (χ4v) is 2.17. The summed E-state index contributed by atoms with van der Waals surface area (Å²) in [7, 11) is 3.12. The van der Waals surface area contributed by atoms with Crippen molar-refractivity contribution in [2.24, 2.45) is 10.7 Å². The molecule has 0 bridgehead atoms. The molecule has 0 unspecified atom stereocenters. The molecule has 0 radical (unpaired) electrons. The van der Waals surface area contributed by atoms with E-state index < -0.39 is 0 Å². The van der Waals surface area contributed by atoms with Crippen LogP contribution in [0.25, 0.3) is 0 Å². The molecule has 1 aromatic rings. The zero-order valence-corrected chi connectivity index (χ0v) is 16.1. The molecule has 1 aromatic carbocycles. The number of hydrogen-bond acceptors (Lipinski definition) is 5. The number of morpholine rings is 1. The van der Waals surface area contributed by atoms with Gasteiger partial charge in [-0.25, -0.2) is 4.99 Å². The first kappa shape index (κ1) is 20.3. The van der Waals surface area contributed by atoms with Gasteiger partial charge in [0.05, 0.1) is 27.4 Å². The molecule has 0 spiro atoms. The Kier molecular flexibility index (Phi) is 8.61. The number of methoxy groups -OCH3 is 2. The Morgan fingerprint density at radius 2 is 1.96 bits per heavy atom. The molecular formula is C15H23IN4O4. The molecule has 1 aliphatic rings. The first-order chi connectivity index (χ1) is 11.1. The van der Waals surface area contributed by atoms with Gasteiger partial charge in [0.1, 0.15) is 6.54 Å². The van der Waals surface area contributed by atoms with Gasteiger partial charge < -0.3 is 30.2 Å². The van der Waals surface area contributed by atoms with E-state index in [2.05, 4.69) is 10.3 Å². The molecule has 9 heteroatoms. The number of rotatable bonds is 5. The third kappa shape index (κ3) is 5.71. The minimum absolute atomic E-state index is 0. The van der Waals surface area contributed by atoms with Crippen LogP contribution in [-0.2, 0) is 9.53 Å². The van der Waals surface area contributed by atoms with Crippen molar-refractivity contribution in [3.63, 3.8) is 0 Å². The number of hydrogen-bond donors (Lipinski definition) is 2. The van der Waals surface area contributed by atoms with Crippen molar-refractivity contribution in [1.82, 2.24) is 4.90 Å². The first-order valence-corrected chi connectivity index (χ1v) is 7.28. The lowest BCUT2D eigenvalue weighted by Gasteiger charge is -2.26. The van der Waals surface area contributed by atoms with Gasteiger partial charge in [-0.1, -0.05) is 0 Å². The Hall–Kier alpha value is -1.75. The molecule has 0 aliphatic carbocycles. The standard InChI is InChI=1S/C15H22N4O4.HI/c1-21-12-4-3-11(9-13(12)22-2)18-15(16)17-10-14(20)19-5-7-23-8-6-19;/h3-4,9H,5-8,10H2,1-2H3,(H3,16,17,18);1H. The van der Waals surface area contributed by atoms with Gasteiger partial charge in [0.15, 0.2) is 17.5 Å². The maximum Gasteiger partial charge on any atom is 0.244 e. The number of ether oxygens (including phenoxy) is 3. The highest BCUT2D eigenvalue weighted by Gasteiger charge is 2.16. The molecule has 134 valence electrons. The summed E-state index contributed by atoms with van der Waals surface area (Å²) < 4.78 is 15.6. The predicted molar refractivity (Wildman–Crippen MR) is 102 cm³/mol. The predicted octanol–water partition coefficient (Wildman–Crippen LogP) is 0.907. The van der Waals surface area contributed by atoms with Crippen molar-refractivity contribution in [2.75, 3.05) is 52.4 Å². The SMILES string of the molecule is COc1ccc(NC(N)=NCC(=O)N2CCOCC2)cc1OC.I. The van der Waals surface area contributed by atoms with E-state index in [1.807, 2.05) is 0 Å². The van der Waals surface area contributed by atoms with E-state index in [1.165, 1.54) is 0 Å². The number of aliphatic imine (C=N–C) groups is 1. The molecule has 0 saturated carbocycles. The van der Waals surface area contributed by atoms with Crippen LogP contribution in [0.3, 0.4) is 0 Å². The van der Waals surface area contributed by atoms with Crippen molar-refractivity contribution in [3.05, 3.63) is 18.2 Å². The van der Waals surface area contributed by atoms with Crippen molar-refractivity contribution in [3.8, 4) is 11.5 Å². The van der Waals surface area contributed by atoms with Gasteiger partial charge in [0.2, 0.25) is 5.91 Å². The molecule has 1 fully saturated rings. The van der Waals surface area contributed by atoms with Gasteiger partial charge in [-0.15, -0.1) is 24.0 Å². The summed E-state index contributed by atoms with van der Waals surface area (Å²) in [6.45, 7) is 2.32. The normalized spacial score (nSPS) is 14.6. The number of guanidine groups is 1. The van der Waals surface area contributed by atoms with E-state index in [9.17, 15) is 4.79 Å². The van der Waals surface area contributed by atoms with E-state index in [1.54, 1.807) is 37.3 Å². The summed E-state index contributed by atoms with van der Waals surface area (Å²) in [6.07, 6.45) is 0. The van der Waals surface area contributed by atoms with Gasteiger partial charge in [-0.05, 0) is 12.1 Å². The fraction of sp³-hybridized carbons (Fsp3) is 0.467. The average molecular weight is 450 g/mol. The minimum atomic E-state index is -0.0645. The van der Waals surface area contributed by atoms with Crippen LogP contribution in [0.15, 0.2) is 23.2 Å². The molecular weight excluding hydrogens is 427 g/mol. The Bertz CT molecular complexity index is 577. The van der Waals surface area contributed by atoms with E-state index in [4.69, 9.17) is 19.9 Å². The third-order valence-electron chi connectivity index (χ3n) is 3.40. The number of benzene rings is 1. The van der Waals surface area contributed by atoms with Crippen LogP contribution in [0.2, 0.25) is 0 Å². The van der Waals surface area contributed by atoms with Crippen LogP contribution in [-0.4, -0.2) is 63.8 Å². The summed E-state index contributed by atoms with van der Waals surface area (Å²) in [5.41, 5.74) is 6.51. The van der Waals surface area contributed by atoms with Crippen molar-refractivity contribution >= 4 is 41.5 Å². The number of amides is 1. The largest absolute Gasteiger partial charge is 0.493 e. The van der Waals surface area contributed by atoms with Crippen molar-refractivity contribution < 1.29 is 19.0 Å². The highest BCUT2D eigenvalue weighted by atomic mass is 127. The Morgan fingerprint density at radius 3 is 2.58 bits per heavy atom. The number of carbonyl (C=O) groups is 1. The second-order valence-corrected chi connectivity index (χ2v) is 4.89. The zero-order valence-electron chi connectivity index (χ0n) is 13.8. The minimum Gasteiger partial charge on any atom is -0.493 e. The van der Waals surface area contributed by atoms with Crippen LogP contribution < -0.4 is 20.5 Å². The molecule has 1 saturated heterocycles. The van der Waals surface area contributed by atoms with Crippen LogP contribution in [0.1, 0.15) is 0 Å². The highest BCUT2D eigenvalue weighted by molar-refractivity contribution is 14.0. The van der Waals surface area contributed by atoms with Crippen LogP contribution in [0.5, 0.6) is 11.5 Å². The Morgan fingerprint density at radius 1 is 1.29 bits per heavy atom. The van der Waals surface area contributed by atoms with Crippen LogP contribution >= 0.6 is 24.0 Å². The van der Waals surface area contributed by atoms with E-state index in [0.29, 0.717) is 43.5 Å².